The molecule has 14 N–H and O–H groups in total. The van der Waals surface area contributed by atoms with Gasteiger partial charge in [0.05, 0.1) is 0 Å². The largest absolute Gasteiger partial charge is 1.00 e. The molecule has 0 amide bonds. The zero-order valence-corrected chi connectivity index (χ0v) is 8.22. The van der Waals surface area contributed by atoms with Crippen LogP contribution < -0.4 is 39.8 Å². The van der Waals surface area contributed by atoms with Crippen LogP contribution in [0.4, 0.5) is 4.79 Å². The van der Waals surface area contributed by atoms with Crippen LogP contribution in [0, 0.1) is 0 Å². The normalized spacial score (nSPS) is 2.00. The molecule has 0 aromatic carbocycles. The zero-order valence-electron chi connectivity index (χ0n) is 6.22. The molecule has 12 heavy (non-hydrogen) atoms. The van der Waals surface area contributed by atoms with Gasteiger partial charge in [0.15, 0.2) is 0 Å². The predicted octanol–water partition coefficient (Wildman–Crippen LogP) is -11.2. The summed E-state index contributed by atoms with van der Waals surface area (Å²) in [5, 5.41) is 16.7. The minimum Gasteiger partial charge on any atom is -0.652 e. The van der Waals surface area contributed by atoms with Crippen LogP contribution in [0.25, 0.3) is 0 Å². The van der Waals surface area contributed by atoms with Crippen molar-refractivity contribution in [3.63, 3.8) is 0 Å². The van der Waals surface area contributed by atoms with Gasteiger partial charge in [-0.05, 0) is 6.16 Å². The van der Waals surface area contributed by atoms with Crippen molar-refractivity contribution < 1.29 is 82.9 Å². The van der Waals surface area contributed by atoms with E-state index >= 15 is 0 Å². The van der Waals surface area contributed by atoms with Crippen molar-refractivity contribution in [3.05, 3.63) is 0 Å². The summed E-state index contributed by atoms with van der Waals surface area (Å²) < 4.78 is 0. The first-order valence-electron chi connectivity index (χ1n) is 0.612. The minimum atomic E-state index is -2.33. The summed E-state index contributed by atoms with van der Waals surface area (Å²) in [5.74, 6) is 0. The van der Waals surface area contributed by atoms with E-state index in [-0.39, 0.29) is 67.9 Å². The standard InChI is InChI=1S/CH2O3.Na.7H2O/c2-1(3)4;;;;;;;;/h(H2,2,3,4);;7*1H2/q;+1;;;;;;;/p-2. The molecule has 0 spiro atoms. The smallest absolute Gasteiger partial charge is 0.652 e. The molecule has 0 saturated heterocycles. The summed E-state index contributed by atoms with van der Waals surface area (Å²) in [6, 6.07) is 0. The van der Waals surface area contributed by atoms with Gasteiger partial charge in [-0.2, -0.15) is 0 Å². The number of carbonyl (C=O) groups excluding carboxylic acids is 1. The van der Waals surface area contributed by atoms with Gasteiger partial charge in [-0.25, -0.2) is 0 Å². The average molecular weight is 209 g/mol. The van der Waals surface area contributed by atoms with Gasteiger partial charge in [-0.3, -0.25) is 0 Å². The molecule has 0 fully saturated rings. The first-order chi connectivity index (χ1) is 1.73. The summed E-state index contributed by atoms with van der Waals surface area (Å²) in [6.07, 6.45) is -2.33. The van der Waals surface area contributed by atoms with E-state index in [1.54, 1.807) is 0 Å². The van der Waals surface area contributed by atoms with E-state index < -0.39 is 6.16 Å². The second kappa shape index (κ2) is 123. The van der Waals surface area contributed by atoms with Crippen molar-refractivity contribution in [2.45, 2.75) is 0 Å². The third kappa shape index (κ3) is 8070000. The Morgan fingerprint density at radius 2 is 0.667 bits per heavy atom. The predicted molar refractivity (Wildman–Crippen MR) is 30.7 cm³/mol. The Kier molecular flexibility index (Phi) is 1660. The SMILES string of the molecule is O.O.O.O.O.O.O.O=C([O-])[O-].[Na+]. The van der Waals surface area contributed by atoms with Crippen LogP contribution in [0.2, 0.25) is 0 Å². The quantitative estimate of drug-likeness (QED) is 0.351. The number of carboxylic acid groups (broad SMARTS) is 2. The molecule has 80 valence electrons. The summed E-state index contributed by atoms with van der Waals surface area (Å²) in [7, 11) is 0. The third-order valence-corrected chi connectivity index (χ3v) is 0. The van der Waals surface area contributed by atoms with Crippen molar-refractivity contribution in [2.75, 3.05) is 0 Å². The van der Waals surface area contributed by atoms with Crippen molar-refractivity contribution in [1.29, 1.82) is 0 Å². The van der Waals surface area contributed by atoms with Crippen molar-refractivity contribution in [3.8, 4) is 0 Å². The maximum Gasteiger partial charge on any atom is 1.00 e. The molecular formula is CH14NaO10-. The maximum atomic E-state index is 8.33. The second-order valence-electron chi connectivity index (χ2n) is 0.250. The Hall–Kier alpha value is -0.0100. The fourth-order valence-corrected chi connectivity index (χ4v) is 0. The molecule has 0 aromatic heterocycles. The Labute approximate surface area is 89.3 Å². The van der Waals surface area contributed by atoms with E-state index in [9.17, 15) is 0 Å². The number of hydrogen-bond acceptors (Lipinski definition) is 3. The van der Waals surface area contributed by atoms with E-state index in [1.807, 2.05) is 0 Å². The van der Waals surface area contributed by atoms with Crippen LogP contribution in [-0.2, 0) is 0 Å². The van der Waals surface area contributed by atoms with E-state index in [4.69, 9.17) is 15.0 Å². The van der Waals surface area contributed by atoms with Gasteiger partial charge < -0.3 is 53.3 Å². The Morgan fingerprint density at radius 3 is 0.667 bits per heavy atom. The Bertz CT molecular complexity index is 32.8. The molecule has 0 aliphatic carbocycles. The molecule has 11 heteroatoms. The van der Waals surface area contributed by atoms with Crippen LogP contribution in [0.5, 0.6) is 0 Å². The molecule has 0 rings (SSSR count). The van der Waals surface area contributed by atoms with Gasteiger partial charge in [0.2, 0.25) is 0 Å². The van der Waals surface area contributed by atoms with Crippen LogP contribution in [0.1, 0.15) is 0 Å². The van der Waals surface area contributed by atoms with Gasteiger partial charge in [0.25, 0.3) is 0 Å². The minimum absolute atomic E-state index is 0. The van der Waals surface area contributed by atoms with Crippen LogP contribution in [0.3, 0.4) is 0 Å². The van der Waals surface area contributed by atoms with Gasteiger partial charge in [-0.1, -0.05) is 0 Å². The summed E-state index contributed by atoms with van der Waals surface area (Å²) in [5.41, 5.74) is 0. The summed E-state index contributed by atoms with van der Waals surface area (Å²) in [4.78, 5) is 8.33. The van der Waals surface area contributed by atoms with Crippen LogP contribution in [-0.4, -0.2) is 44.5 Å². The number of rotatable bonds is 0. The monoisotopic (exact) mass is 209 g/mol. The van der Waals surface area contributed by atoms with Crippen LogP contribution >= 0.6 is 0 Å². The Balaban J connectivity index is -0.00000000161. The molecule has 0 saturated carbocycles. The molecule has 10 nitrogen and oxygen atoms in total. The summed E-state index contributed by atoms with van der Waals surface area (Å²) >= 11 is 0. The maximum absolute atomic E-state index is 8.33. The molecule has 0 bridgehead atoms. The van der Waals surface area contributed by atoms with Crippen LogP contribution in [0.15, 0.2) is 0 Å². The molecule has 0 atom stereocenters. The number of carbonyl (C=O) groups is 1. The zero-order chi connectivity index (χ0) is 3.58. The molecule has 0 aromatic rings. The molecule has 0 radical (unpaired) electrons. The average Bonchev–Trinajstić information content (AvgIpc) is 0.811. The fraction of sp³-hybridized carbons (Fsp3) is 0. The molecular weight excluding hydrogens is 195 g/mol. The second-order valence-corrected chi connectivity index (χ2v) is 0.250. The molecule has 0 aliphatic rings. The van der Waals surface area contributed by atoms with Gasteiger partial charge in [-0.15, -0.1) is 0 Å². The van der Waals surface area contributed by atoms with Crippen molar-refractivity contribution in [1.82, 2.24) is 0 Å². The van der Waals surface area contributed by atoms with E-state index in [2.05, 4.69) is 0 Å². The van der Waals surface area contributed by atoms with Gasteiger partial charge >= 0.3 is 29.6 Å². The molecule has 0 aliphatic heterocycles. The van der Waals surface area contributed by atoms with Crippen molar-refractivity contribution >= 4 is 6.16 Å². The van der Waals surface area contributed by atoms with Gasteiger partial charge in [0, 0.05) is 0 Å². The first kappa shape index (κ1) is 162. The molecule has 0 unspecified atom stereocenters. The third-order valence-electron chi connectivity index (χ3n) is 0. The molecule has 0 heterocycles. The topological polar surface area (TPSA) is 284 Å². The van der Waals surface area contributed by atoms with Gasteiger partial charge in [0.1, 0.15) is 0 Å². The number of hydrogen-bond donors (Lipinski definition) is 0. The van der Waals surface area contributed by atoms with Crippen molar-refractivity contribution in [2.24, 2.45) is 0 Å². The summed E-state index contributed by atoms with van der Waals surface area (Å²) in [6.45, 7) is 0. The van der Waals surface area contributed by atoms with E-state index in [0.29, 0.717) is 0 Å². The first-order valence-corrected chi connectivity index (χ1v) is 0.612. The van der Waals surface area contributed by atoms with E-state index in [1.165, 1.54) is 0 Å². The fourth-order valence-electron chi connectivity index (χ4n) is 0. The Morgan fingerprint density at radius 1 is 0.667 bits per heavy atom. The van der Waals surface area contributed by atoms with E-state index in [0.717, 1.165) is 0 Å².